The maximum Gasteiger partial charge on any atom is 0.342 e. The van der Waals surface area contributed by atoms with Crippen molar-refractivity contribution in [2.75, 3.05) is 0 Å². The van der Waals surface area contributed by atoms with Crippen LogP contribution in [0.5, 0.6) is 5.75 Å². The Bertz CT molecular complexity index is 1160. The molecule has 11 heteroatoms. The summed E-state index contributed by atoms with van der Waals surface area (Å²) in [5, 5.41) is 25.1. The minimum atomic E-state index is -0.918. The lowest BCUT2D eigenvalue weighted by atomic mass is 10.1. The fourth-order valence-electron chi connectivity index (χ4n) is 2.59. The first-order chi connectivity index (χ1) is 12.8. The van der Waals surface area contributed by atoms with Crippen LogP contribution in [0.2, 0.25) is 0 Å². The molecule has 138 valence electrons. The molecule has 0 saturated heterocycles. The molecule has 0 aliphatic rings. The summed E-state index contributed by atoms with van der Waals surface area (Å²) < 4.78 is 2.41. The number of imidazole rings is 1. The first kappa shape index (κ1) is 17.8. The predicted octanol–water partition coefficient (Wildman–Crippen LogP) is 0.650. The molecule has 2 heterocycles. The van der Waals surface area contributed by atoms with Gasteiger partial charge in [-0.3, -0.25) is 9.59 Å². The lowest BCUT2D eigenvalue weighted by molar-refractivity contribution is -0.391. The third-order valence-electron chi connectivity index (χ3n) is 4.04. The second kappa shape index (κ2) is 6.71. The van der Waals surface area contributed by atoms with Crippen LogP contribution in [0.1, 0.15) is 16.2 Å². The van der Waals surface area contributed by atoms with Gasteiger partial charge in [0, 0.05) is 12.4 Å². The molecule has 0 aliphatic carbocycles. The van der Waals surface area contributed by atoms with Gasteiger partial charge in [0.05, 0.1) is 12.6 Å². The average molecular weight is 370 g/mol. The number of nitrogens with zero attached hydrogens (tertiary/aromatic N) is 5. The van der Waals surface area contributed by atoms with Crippen molar-refractivity contribution in [2.45, 2.75) is 0 Å². The first-order valence-corrected chi connectivity index (χ1v) is 7.63. The third kappa shape index (κ3) is 3.01. The number of hydrogen-bond donors (Lipinski definition) is 2. The Morgan fingerprint density at radius 3 is 2.70 bits per heavy atom. The van der Waals surface area contributed by atoms with E-state index in [2.05, 4.69) is 15.5 Å². The molecule has 0 fully saturated rings. The molecular weight excluding hydrogens is 356 g/mol. The Hall–Kier alpha value is -4.02. The molecule has 3 rings (SSSR count). The van der Waals surface area contributed by atoms with Gasteiger partial charge in [0.2, 0.25) is 5.82 Å². The number of benzene rings is 1. The minimum absolute atomic E-state index is 0.123. The average Bonchev–Trinajstić information content (AvgIpc) is 3.01. The Morgan fingerprint density at radius 2 is 2.04 bits per heavy atom. The molecule has 1 amide bonds. The maximum atomic E-state index is 12.4. The van der Waals surface area contributed by atoms with Crippen molar-refractivity contribution in [1.29, 1.82) is 0 Å². The highest BCUT2D eigenvalue weighted by Gasteiger charge is 2.21. The van der Waals surface area contributed by atoms with E-state index >= 15 is 0 Å². The molecule has 0 atom stereocenters. The Kier molecular flexibility index (Phi) is 4.42. The van der Waals surface area contributed by atoms with Crippen LogP contribution in [0.3, 0.4) is 0 Å². The van der Waals surface area contributed by atoms with Gasteiger partial charge in [0.1, 0.15) is 23.7 Å². The topological polar surface area (TPSA) is 145 Å². The molecule has 0 saturated carbocycles. The molecule has 0 radical (unpaired) electrons. The number of fused-ring (bicyclic) bond motifs is 1. The molecule has 0 spiro atoms. The summed E-state index contributed by atoms with van der Waals surface area (Å²) >= 11 is 0. The van der Waals surface area contributed by atoms with E-state index in [1.54, 1.807) is 24.3 Å². The molecule has 11 nitrogen and oxygen atoms in total. The van der Waals surface area contributed by atoms with E-state index < -0.39 is 27.7 Å². The number of pyridine rings is 1. The Labute approximate surface area is 151 Å². The van der Waals surface area contributed by atoms with Gasteiger partial charge in [-0.05, 0) is 17.1 Å². The van der Waals surface area contributed by atoms with Gasteiger partial charge in [-0.15, -0.1) is 0 Å². The standard InChI is InChI=1S/C16H14N6O5/c1-20-10-6-4-3-5-9(10)14(23)13(16(20)25)15(24)19-18-7-11-17-8-12(21(11)2)22(26)27/h3-8,23H,1-2H3,(H,19,24)/b18-7-. The van der Waals surface area contributed by atoms with Crippen LogP contribution < -0.4 is 11.0 Å². The summed E-state index contributed by atoms with van der Waals surface area (Å²) in [4.78, 5) is 38.7. The summed E-state index contributed by atoms with van der Waals surface area (Å²) in [6, 6.07) is 6.60. The normalized spacial score (nSPS) is 11.2. The van der Waals surface area contributed by atoms with Crippen molar-refractivity contribution in [2.24, 2.45) is 19.2 Å². The zero-order valence-corrected chi connectivity index (χ0v) is 14.3. The smallest absolute Gasteiger partial charge is 0.342 e. The third-order valence-corrected chi connectivity index (χ3v) is 4.04. The molecule has 2 aromatic heterocycles. The number of nitro groups is 1. The lowest BCUT2D eigenvalue weighted by Crippen LogP contribution is -2.30. The second-order valence-corrected chi connectivity index (χ2v) is 5.59. The number of rotatable bonds is 4. The van der Waals surface area contributed by atoms with E-state index in [9.17, 15) is 24.8 Å². The lowest BCUT2D eigenvalue weighted by Gasteiger charge is -2.10. The van der Waals surface area contributed by atoms with Crippen LogP contribution in [0.25, 0.3) is 10.9 Å². The zero-order valence-electron chi connectivity index (χ0n) is 14.3. The number of aryl methyl sites for hydroxylation is 1. The van der Waals surface area contributed by atoms with Crippen molar-refractivity contribution in [3.8, 4) is 5.75 Å². The van der Waals surface area contributed by atoms with Gasteiger partial charge in [0.15, 0.2) is 0 Å². The summed E-state index contributed by atoms with van der Waals surface area (Å²) in [6.45, 7) is 0. The number of carbonyl (C=O) groups excluding carboxylic acids is 1. The van der Waals surface area contributed by atoms with Crippen LogP contribution in [0, 0.1) is 10.1 Å². The molecule has 0 aliphatic heterocycles. The fourth-order valence-corrected chi connectivity index (χ4v) is 2.59. The molecule has 1 aromatic carbocycles. The van der Waals surface area contributed by atoms with Crippen molar-refractivity contribution >= 4 is 28.8 Å². The van der Waals surface area contributed by atoms with E-state index in [-0.39, 0.29) is 11.6 Å². The van der Waals surface area contributed by atoms with Crippen LogP contribution in [-0.2, 0) is 14.1 Å². The monoisotopic (exact) mass is 370 g/mol. The first-order valence-electron chi connectivity index (χ1n) is 7.63. The van der Waals surface area contributed by atoms with Crippen LogP contribution in [0.4, 0.5) is 5.82 Å². The van der Waals surface area contributed by atoms with E-state index in [0.717, 1.165) is 12.4 Å². The van der Waals surface area contributed by atoms with Gasteiger partial charge in [0.25, 0.3) is 11.5 Å². The quantitative estimate of drug-likeness (QED) is 0.392. The highest BCUT2D eigenvalue weighted by Crippen LogP contribution is 2.25. The van der Waals surface area contributed by atoms with Gasteiger partial charge in [-0.2, -0.15) is 5.10 Å². The minimum Gasteiger partial charge on any atom is -0.506 e. The van der Waals surface area contributed by atoms with Crippen molar-refractivity contribution in [3.63, 3.8) is 0 Å². The van der Waals surface area contributed by atoms with E-state index in [0.29, 0.717) is 10.9 Å². The second-order valence-electron chi connectivity index (χ2n) is 5.59. The largest absolute Gasteiger partial charge is 0.506 e. The van der Waals surface area contributed by atoms with Crippen molar-refractivity contribution in [3.05, 3.63) is 62.3 Å². The van der Waals surface area contributed by atoms with Gasteiger partial charge in [-0.25, -0.2) is 15.0 Å². The molecule has 3 aromatic rings. The van der Waals surface area contributed by atoms with Gasteiger partial charge >= 0.3 is 5.82 Å². The molecule has 2 N–H and O–H groups in total. The number of aromatic hydroxyl groups is 1. The van der Waals surface area contributed by atoms with Crippen molar-refractivity contribution < 1.29 is 14.8 Å². The Morgan fingerprint density at radius 1 is 1.33 bits per heavy atom. The predicted molar refractivity (Wildman–Crippen MR) is 95.8 cm³/mol. The SMILES string of the molecule is Cn1c([N+](=O)[O-])cnc1/C=N\NC(=O)c1c(O)c2ccccc2n(C)c1=O. The number of para-hydroxylation sites is 1. The highest BCUT2D eigenvalue weighted by atomic mass is 16.6. The maximum absolute atomic E-state index is 12.4. The molecule has 0 unspecified atom stereocenters. The van der Waals surface area contributed by atoms with Crippen molar-refractivity contribution in [1.82, 2.24) is 19.5 Å². The number of hydrazone groups is 1. The van der Waals surface area contributed by atoms with E-state index in [1.165, 1.54) is 23.2 Å². The van der Waals surface area contributed by atoms with Crippen LogP contribution >= 0.6 is 0 Å². The summed E-state index contributed by atoms with van der Waals surface area (Å²) in [5.41, 5.74) is 1.45. The number of hydrogen-bond acceptors (Lipinski definition) is 7. The van der Waals surface area contributed by atoms with Crippen LogP contribution in [-0.4, -0.2) is 36.3 Å². The summed E-state index contributed by atoms with van der Waals surface area (Å²) in [6.07, 6.45) is 2.14. The molecular formula is C16H14N6O5. The van der Waals surface area contributed by atoms with Crippen LogP contribution in [0.15, 0.2) is 40.4 Å². The number of carbonyl (C=O) groups is 1. The number of nitrogens with one attached hydrogen (secondary N) is 1. The zero-order chi connectivity index (χ0) is 19.7. The van der Waals surface area contributed by atoms with E-state index in [4.69, 9.17) is 0 Å². The highest BCUT2D eigenvalue weighted by molar-refractivity contribution is 6.02. The Balaban J connectivity index is 1.91. The summed E-state index contributed by atoms with van der Waals surface area (Å²) in [7, 11) is 2.90. The fraction of sp³-hybridized carbons (Fsp3) is 0.125. The van der Waals surface area contributed by atoms with Gasteiger partial charge in [-0.1, -0.05) is 12.1 Å². The molecule has 27 heavy (non-hydrogen) atoms. The molecule has 0 bridgehead atoms. The summed E-state index contributed by atoms with van der Waals surface area (Å²) in [5.74, 6) is -1.49. The number of aromatic nitrogens is 3. The van der Waals surface area contributed by atoms with Gasteiger partial charge < -0.3 is 19.8 Å². The number of amides is 1. The van der Waals surface area contributed by atoms with E-state index in [1.807, 2.05) is 0 Å².